The van der Waals surface area contributed by atoms with Gasteiger partial charge in [-0.1, -0.05) is 23.4 Å². The summed E-state index contributed by atoms with van der Waals surface area (Å²) in [5.41, 5.74) is 0.915. The van der Waals surface area contributed by atoms with Gasteiger partial charge in [0.25, 0.3) is 5.91 Å². The molecule has 6 heteroatoms. The first-order valence-corrected chi connectivity index (χ1v) is 8.41. The predicted molar refractivity (Wildman–Crippen MR) is 88.0 cm³/mol. The molecule has 110 valence electrons. The van der Waals surface area contributed by atoms with Crippen molar-refractivity contribution in [3.8, 4) is 11.8 Å². The van der Waals surface area contributed by atoms with Crippen LogP contribution in [-0.2, 0) is 6.54 Å². The topological polar surface area (TPSA) is 40.5 Å². The lowest BCUT2D eigenvalue weighted by Crippen LogP contribution is -2.25. The Labute approximate surface area is 136 Å². The van der Waals surface area contributed by atoms with Gasteiger partial charge < -0.3 is 10.0 Å². The molecule has 3 nitrogen and oxygen atoms in total. The van der Waals surface area contributed by atoms with Gasteiger partial charge >= 0.3 is 0 Å². The summed E-state index contributed by atoms with van der Waals surface area (Å²) in [5.74, 6) is 5.79. The highest BCUT2D eigenvalue weighted by molar-refractivity contribution is 7.12. The van der Waals surface area contributed by atoms with Crippen molar-refractivity contribution in [3.63, 3.8) is 0 Å². The number of aliphatic hydroxyl groups is 1. The average Bonchev–Trinajstić information content (AvgIpc) is 3.07. The van der Waals surface area contributed by atoms with E-state index in [0.29, 0.717) is 22.9 Å². The maximum Gasteiger partial charge on any atom is 0.265 e. The molecular formula is C15H14ClNO2S2. The number of nitrogens with zero attached hydrogens (tertiary/aromatic N) is 1. The summed E-state index contributed by atoms with van der Waals surface area (Å²) in [4.78, 5) is 15.5. The van der Waals surface area contributed by atoms with Crippen LogP contribution >= 0.6 is 34.3 Å². The second kappa shape index (κ2) is 7.62. The van der Waals surface area contributed by atoms with Gasteiger partial charge in [-0.25, -0.2) is 0 Å². The van der Waals surface area contributed by atoms with Gasteiger partial charge in [-0.2, -0.15) is 0 Å². The van der Waals surface area contributed by atoms with E-state index < -0.39 is 0 Å². The van der Waals surface area contributed by atoms with E-state index in [1.165, 1.54) is 11.3 Å². The van der Waals surface area contributed by atoms with Gasteiger partial charge in [-0.3, -0.25) is 4.79 Å². The van der Waals surface area contributed by atoms with Gasteiger partial charge in [0.2, 0.25) is 0 Å². The highest BCUT2D eigenvalue weighted by atomic mass is 35.5. The smallest absolute Gasteiger partial charge is 0.265 e. The minimum Gasteiger partial charge on any atom is -0.395 e. The molecule has 0 fully saturated rings. The number of hydrogen-bond donors (Lipinski definition) is 1. The normalized spacial score (nSPS) is 10.0. The molecule has 21 heavy (non-hydrogen) atoms. The van der Waals surface area contributed by atoms with E-state index in [-0.39, 0.29) is 12.5 Å². The Hall–Kier alpha value is -1.32. The van der Waals surface area contributed by atoms with Crippen molar-refractivity contribution in [2.75, 3.05) is 13.7 Å². The molecule has 2 aromatic heterocycles. The van der Waals surface area contributed by atoms with Crippen LogP contribution in [0, 0.1) is 11.8 Å². The van der Waals surface area contributed by atoms with Gasteiger partial charge in [-0.05, 0) is 17.5 Å². The first kappa shape index (κ1) is 16.1. The molecule has 0 atom stereocenters. The number of carbonyl (C=O) groups is 1. The van der Waals surface area contributed by atoms with Crippen molar-refractivity contribution in [1.29, 1.82) is 0 Å². The molecule has 0 bridgehead atoms. The Morgan fingerprint density at radius 3 is 2.95 bits per heavy atom. The number of aliphatic hydroxyl groups excluding tert-OH is 1. The van der Waals surface area contributed by atoms with Crippen molar-refractivity contribution >= 4 is 40.2 Å². The molecule has 0 radical (unpaired) electrons. The second-order valence-corrected chi connectivity index (χ2v) is 6.66. The molecule has 0 aliphatic heterocycles. The molecule has 0 saturated carbocycles. The van der Waals surface area contributed by atoms with E-state index in [0.717, 1.165) is 10.4 Å². The van der Waals surface area contributed by atoms with Crippen LogP contribution in [0.5, 0.6) is 0 Å². The summed E-state index contributed by atoms with van der Waals surface area (Å²) < 4.78 is 0. The van der Waals surface area contributed by atoms with E-state index in [1.807, 2.05) is 16.8 Å². The lowest BCUT2D eigenvalue weighted by atomic mass is 10.3. The van der Waals surface area contributed by atoms with Crippen LogP contribution < -0.4 is 0 Å². The van der Waals surface area contributed by atoms with E-state index in [9.17, 15) is 4.79 Å². The number of carbonyl (C=O) groups excluding carboxylic acids is 1. The lowest BCUT2D eigenvalue weighted by Gasteiger charge is -2.15. The van der Waals surface area contributed by atoms with Gasteiger partial charge in [0.1, 0.15) is 4.88 Å². The van der Waals surface area contributed by atoms with Crippen LogP contribution in [0.3, 0.4) is 0 Å². The second-order valence-electron chi connectivity index (χ2n) is 4.34. The maximum atomic E-state index is 12.2. The molecule has 0 spiro atoms. The van der Waals surface area contributed by atoms with Crippen molar-refractivity contribution in [3.05, 3.63) is 43.2 Å². The average molecular weight is 340 g/mol. The summed E-state index contributed by atoms with van der Waals surface area (Å²) in [7, 11) is 1.76. The zero-order valence-electron chi connectivity index (χ0n) is 11.4. The van der Waals surface area contributed by atoms with Gasteiger partial charge in [0.05, 0.1) is 18.2 Å². The molecule has 2 heterocycles. The van der Waals surface area contributed by atoms with Crippen molar-refractivity contribution in [1.82, 2.24) is 4.90 Å². The first-order chi connectivity index (χ1) is 10.1. The van der Waals surface area contributed by atoms with Crippen molar-refractivity contribution in [2.45, 2.75) is 13.0 Å². The molecular weight excluding hydrogens is 326 g/mol. The summed E-state index contributed by atoms with van der Waals surface area (Å²) in [6.45, 7) is 0.599. The Balaban J connectivity index is 2.00. The molecule has 0 aliphatic carbocycles. The third kappa shape index (κ3) is 4.32. The largest absolute Gasteiger partial charge is 0.395 e. The zero-order chi connectivity index (χ0) is 15.2. The molecule has 2 rings (SSSR count). The van der Waals surface area contributed by atoms with Crippen LogP contribution in [0.4, 0.5) is 0 Å². The Kier molecular flexibility index (Phi) is 5.83. The summed E-state index contributed by atoms with van der Waals surface area (Å²) in [6.07, 6.45) is 0.473. The maximum absolute atomic E-state index is 12.2. The number of halogens is 1. The summed E-state index contributed by atoms with van der Waals surface area (Å²) in [6, 6.07) is 3.70. The van der Waals surface area contributed by atoms with Crippen LogP contribution in [0.1, 0.15) is 26.5 Å². The molecule has 0 aliphatic rings. The third-order valence-corrected chi connectivity index (χ3v) is 4.93. The Morgan fingerprint density at radius 1 is 1.48 bits per heavy atom. The molecule has 0 unspecified atom stereocenters. The minimum absolute atomic E-state index is 0.0722. The molecule has 0 saturated heterocycles. The summed E-state index contributed by atoms with van der Waals surface area (Å²) >= 11 is 8.90. The SMILES string of the molecule is CN(Cc1cc(C#CCCO)cs1)C(=O)c1sccc1Cl. The predicted octanol–water partition coefficient (Wildman–Crippen LogP) is 3.47. The standard InChI is InChI=1S/C15H14ClNO2S2/c1-17(15(19)14-13(16)5-7-20-14)9-12-8-11(10-21-12)4-2-3-6-18/h5,7-8,10,18H,3,6,9H2,1H3. The quantitative estimate of drug-likeness (QED) is 0.866. The molecule has 1 amide bonds. The minimum atomic E-state index is -0.0729. The van der Waals surface area contributed by atoms with E-state index in [2.05, 4.69) is 11.8 Å². The van der Waals surface area contributed by atoms with Crippen LogP contribution in [0.15, 0.2) is 22.9 Å². The Morgan fingerprint density at radius 2 is 2.29 bits per heavy atom. The third-order valence-electron chi connectivity index (χ3n) is 2.67. The number of hydrogen-bond acceptors (Lipinski definition) is 4. The van der Waals surface area contributed by atoms with E-state index in [4.69, 9.17) is 16.7 Å². The van der Waals surface area contributed by atoms with Gasteiger partial charge in [-0.15, -0.1) is 22.7 Å². The highest BCUT2D eigenvalue weighted by Gasteiger charge is 2.17. The lowest BCUT2D eigenvalue weighted by molar-refractivity contribution is 0.0791. The zero-order valence-corrected chi connectivity index (χ0v) is 13.8. The van der Waals surface area contributed by atoms with Crippen LogP contribution in [0.25, 0.3) is 0 Å². The summed E-state index contributed by atoms with van der Waals surface area (Å²) in [5, 5.41) is 13.0. The van der Waals surface area contributed by atoms with Gasteiger partial charge in [0, 0.05) is 29.3 Å². The number of amides is 1. The molecule has 1 N–H and O–H groups in total. The molecule has 0 aromatic carbocycles. The van der Waals surface area contributed by atoms with Crippen molar-refractivity contribution in [2.24, 2.45) is 0 Å². The fourth-order valence-electron chi connectivity index (χ4n) is 1.67. The van der Waals surface area contributed by atoms with Crippen molar-refractivity contribution < 1.29 is 9.90 Å². The van der Waals surface area contributed by atoms with Gasteiger partial charge in [0.15, 0.2) is 0 Å². The van der Waals surface area contributed by atoms with Crippen LogP contribution in [-0.4, -0.2) is 29.6 Å². The van der Waals surface area contributed by atoms with E-state index in [1.54, 1.807) is 29.4 Å². The van der Waals surface area contributed by atoms with Crippen LogP contribution in [0.2, 0.25) is 5.02 Å². The fourth-order valence-corrected chi connectivity index (χ4v) is 3.67. The highest BCUT2D eigenvalue weighted by Crippen LogP contribution is 2.24. The van der Waals surface area contributed by atoms with E-state index >= 15 is 0 Å². The monoisotopic (exact) mass is 339 g/mol. The number of rotatable bonds is 4. The first-order valence-electron chi connectivity index (χ1n) is 6.27. The fraction of sp³-hybridized carbons (Fsp3) is 0.267. The Bertz CT molecular complexity index is 681. The number of thiophene rings is 2. The molecule has 2 aromatic rings.